The molecule has 0 saturated carbocycles. The van der Waals surface area contributed by atoms with Gasteiger partial charge in [-0.15, -0.1) is 0 Å². The third-order valence-electron chi connectivity index (χ3n) is 4.00. The van der Waals surface area contributed by atoms with E-state index in [1.165, 1.54) is 7.11 Å². The predicted molar refractivity (Wildman–Crippen MR) is 102 cm³/mol. The van der Waals surface area contributed by atoms with E-state index in [2.05, 4.69) is 26.0 Å². The lowest BCUT2D eigenvalue weighted by Crippen LogP contribution is -2.51. The number of esters is 1. The van der Waals surface area contributed by atoms with Crippen LogP contribution in [0.5, 0.6) is 0 Å². The molecule has 2 aromatic carbocycles. The summed E-state index contributed by atoms with van der Waals surface area (Å²) >= 11 is 0. The molecule has 1 aliphatic heterocycles. The highest BCUT2D eigenvalue weighted by Gasteiger charge is 2.32. The Kier molecular flexibility index (Phi) is 5.54. The second kappa shape index (κ2) is 8.21. The summed E-state index contributed by atoms with van der Waals surface area (Å²) in [5, 5.41) is 10.1. The van der Waals surface area contributed by atoms with Crippen LogP contribution in [0, 0.1) is 0 Å². The predicted octanol–water partition coefficient (Wildman–Crippen LogP) is 1.48. The first-order valence-electron chi connectivity index (χ1n) is 8.40. The molecule has 0 atom stereocenters. The van der Waals surface area contributed by atoms with E-state index < -0.39 is 29.9 Å². The van der Waals surface area contributed by atoms with Crippen molar-refractivity contribution in [3.05, 3.63) is 54.1 Å². The van der Waals surface area contributed by atoms with E-state index in [-0.39, 0.29) is 6.42 Å². The first kappa shape index (κ1) is 18.9. The number of urea groups is 1. The monoisotopic (exact) mass is 382 g/mol. The smallest absolute Gasteiger partial charge is 0.320 e. The molecule has 1 heterocycles. The molecule has 144 valence electrons. The molecule has 0 fully saturated rings. The highest BCUT2D eigenvalue weighted by molar-refractivity contribution is 6.20. The minimum Gasteiger partial charge on any atom is -0.469 e. The van der Waals surface area contributed by atoms with Gasteiger partial charge < -0.3 is 26.0 Å². The number of amides is 4. The van der Waals surface area contributed by atoms with Crippen LogP contribution in [0.15, 0.2) is 48.5 Å². The number of carbonyl (C=O) groups is 4. The summed E-state index contributed by atoms with van der Waals surface area (Å²) in [6, 6.07) is 11.1. The van der Waals surface area contributed by atoms with E-state index in [4.69, 9.17) is 0 Å². The van der Waals surface area contributed by atoms with Crippen LogP contribution < -0.4 is 21.3 Å². The van der Waals surface area contributed by atoms with E-state index in [1.54, 1.807) is 48.5 Å². The maximum Gasteiger partial charge on any atom is 0.320 e. The van der Waals surface area contributed by atoms with Crippen LogP contribution in [0.3, 0.4) is 0 Å². The molecular formula is C19H18N4O5. The number of nitrogens with one attached hydrogen (secondary N) is 4. The first-order chi connectivity index (χ1) is 13.5. The van der Waals surface area contributed by atoms with E-state index in [9.17, 15) is 19.2 Å². The molecule has 0 unspecified atom stereocenters. The van der Waals surface area contributed by atoms with Crippen molar-refractivity contribution in [2.45, 2.75) is 12.5 Å². The zero-order valence-corrected chi connectivity index (χ0v) is 14.9. The van der Waals surface area contributed by atoms with Gasteiger partial charge in [0.25, 0.3) is 11.8 Å². The second-order valence-corrected chi connectivity index (χ2v) is 6.01. The van der Waals surface area contributed by atoms with Gasteiger partial charge in [-0.05, 0) is 29.8 Å². The van der Waals surface area contributed by atoms with E-state index in [1.807, 2.05) is 0 Å². The summed E-state index contributed by atoms with van der Waals surface area (Å²) in [6.45, 7) is 0. The summed E-state index contributed by atoms with van der Waals surface area (Å²) in [5.74, 6) is -1.72. The lowest BCUT2D eigenvalue weighted by Gasteiger charge is -2.15. The minimum absolute atomic E-state index is 0.0549. The standard InChI is InChI=1S/C19H18N4O5/c1-28-15(24)10-11-5-4-6-12(9-11)20-19(27)23-16-17(25)21-13-7-2-3-8-14(13)22-18(16)26/h2-9,16H,10H2,1H3,(H,21,25)(H,22,26)(H2,20,23,27). The van der Waals surface area contributed by atoms with Crippen molar-refractivity contribution in [2.24, 2.45) is 0 Å². The molecule has 0 bridgehead atoms. The van der Waals surface area contributed by atoms with Crippen molar-refractivity contribution >= 4 is 40.9 Å². The number of hydrogen-bond acceptors (Lipinski definition) is 5. The zero-order chi connectivity index (χ0) is 20.1. The molecule has 4 N–H and O–H groups in total. The van der Waals surface area contributed by atoms with Crippen molar-refractivity contribution in [2.75, 3.05) is 23.1 Å². The number of para-hydroxylation sites is 2. The van der Waals surface area contributed by atoms with Crippen molar-refractivity contribution < 1.29 is 23.9 Å². The lowest BCUT2D eigenvalue weighted by molar-refractivity contribution is -0.139. The van der Waals surface area contributed by atoms with Gasteiger partial charge in [-0.1, -0.05) is 24.3 Å². The van der Waals surface area contributed by atoms with E-state index in [0.29, 0.717) is 22.6 Å². The molecule has 0 spiro atoms. The van der Waals surface area contributed by atoms with E-state index in [0.717, 1.165) is 0 Å². The van der Waals surface area contributed by atoms with Crippen LogP contribution in [0.2, 0.25) is 0 Å². The fourth-order valence-corrected chi connectivity index (χ4v) is 2.66. The summed E-state index contributed by atoms with van der Waals surface area (Å²) in [6.07, 6.45) is 0.0549. The van der Waals surface area contributed by atoms with Crippen LogP contribution in [0.4, 0.5) is 21.9 Å². The maximum absolute atomic E-state index is 12.3. The SMILES string of the molecule is COC(=O)Cc1cccc(NC(=O)NC2C(=O)Nc3ccccc3NC2=O)c1. The van der Waals surface area contributed by atoms with Crippen molar-refractivity contribution in [1.82, 2.24) is 5.32 Å². The summed E-state index contributed by atoms with van der Waals surface area (Å²) in [7, 11) is 1.29. The average Bonchev–Trinajstić information content (AvgIpc) is 2.78. The normalized spacial score (nSPS) is 13.5. The number of anilines is 3. The van der Waals surface area contributed by atoms with Gasteiger partial charge in [0.1, 0.15) is 0 Å². The maximum atomic E-state index is 12.3. The number of rotatable bonds is 4. The van der Waals surface area contributed by atoms with Crippen molar-refractivity contribution in [3.63, 3.8) is 0 Å². The van der Waals surface area contributed by atoms with E-state index >= 15 is 0 Å². The molecule has 28 heavy (non-hydrogen) atoms. The quantitative estimate of drug-likeness (QED) is 0.471. The average molecular weight is 382 g/mol. The summed E-state index contributed by atoms with van der Waals surface area (Å²) in [4.78, 5) is 48.3. The Labute approximate surface area is 160 Å². The Balaban J connectivity index is 1.66. The molecule has 4 amide bonds. The van der Waals surface area contributed by atoms with Gasteiger partial charge in [0.05, 0.1) is 24.9 Å². The Hall–Kier alpha value is -3.88. The fraction of sp³-hybridized carbons (Fsp3) is 0.158. The molecule has 1 aliphatic rings. The van der Waals surface area contributed by atoms with Gasteiger partial charge in [0.2, 0.25) is 0 Å². The molecule has 0 saturated heterocycles. The number of hydrogen-bond donors (Lipinski definition) is 4. The van der Waals surface area contributed by atoms with Gasteiger partial charge >= 0.3 is 12.0 Å². The third-order valence-corrected chi connectivity index (χ3v) is 4.00. The Morgan fingerprint density at radius 3 is 2.25 bits per heavy atom. The fourth-order valence-electron chi connectivity index (χ4n) is 2.66. The topological polar surface area (TPSA) is 126 Å². The number of methoxy groups -OCH3 is 1. The van der Waals surface area contributed by atoms with Crippen LogP contribution in [-0.2, 0) is 25.5 Å². The molecule has 3 rings (SSSR count). The van der Waals surface area contributed by atoms with Crippen LogP contribution >= 0.6 is 0 Å². The van der Waals surface area contributed by atoms with Gasteiger partial charge in [-0.2, -0.15) is 0 Å². The zero-order valence-electron chi connectivity index (χ0n) is 14.9. The second-order valence-electron chi connectivity index (χ2n) is 6.01. The molecule has 0 radical (unpaired) electrons. The molecule has 0 aliphatic carbocycles. The number of ether oxygens (including phenoxy) is 1. The minimum atomic E-state index is -1.41. The van der Waals surface area contributed by atoms with Crippen molar-refractivity contribution in [1.29, 1.82) is 0 Å². The number of fused-ring (bicyclic) bond motifs is 1. The Morgan fingerprint density at radius 1 is 1.00 bits per heavy atom. The van der Waals surface area contributed by atoms with Gasteiger partial charge in [0, 0.05) is 5.69 Å². The molecule has 9 heteroatoms. The molecule has 9 nitrogen and oxygen atoms in total. The molecule has 2 aromatic rings. The lowest BCUT2D eigenvalue weighted by atomic mass is 10.1. The number of carbonyl (C=O) groups excluding carboxylic acids is 4. The van der Waals surface area contributed by atoms with Crippen LogP contribution in [0.25, 0.3) is 0 Å². The summed E-state index contributed by atoms with van der Waals surface area (Å²) < 4.78 is 4.61. The van der Waals surface area contributed by atoms with Crippen molar-refractivity contribution in [3.8, 4) is 0 Å². The van der Waals surface area contributed by atoms with Gasteiger partial charge in [-0.3, -0.25) is 14.4 Å². The Morgan fingerprint density at radius 2 is 1.64 bits per heavy atom. The first-order valence-corrected chi connectivity index (χ1v) is 8.40. The molecule has 0 aromatic heterocycles. The number of benzene rings is 2. The summed E-state index contributed by atoms with van der Waals surface area (Å²) in [5.41, 5.74) is 1.93. The third kappa shape index (κ3) is 4.44. The van der Waals surface area contributed by atoms with Gasteiger partial charge in [-0.25, -0.2) is 4.79 Å². The van der Waals surface area contributed by atoms with Gasteiger partial charge in [0.15, 0.2) is 6.04 Å². The highest BCUT2D eigenvalue weighted by Crippen LogP contribution is 2.23. The highest BCUT2D eigenvalue weighted by atomic mass is 16.5. The van der Waals surface area contributed by atoms with Crippen LogP contribution in [0.1, 0.15) is 5.56 Å². The van der Waals surface area contributed by atoms with Crippen LogP contribution in [-0.4, -0.2) is 37.0 Å². The largest absolute Gasteiger partial charge is 0.469 e. The molecular weight excluding hydrogens is 364 g/mol. The Bertz CT molecular complexity index is 906.